The molecule has 0 amide bonds. The molecule has 0 saturated heterocycles. The number of nitrogens with zero attached hydrogens (tertiary/aromatic N) is 1. The predicted molar refractivity (Wildman–Crippen MR) is 150 cm³/mol. The van der Waals surface area contributed by atoms with Crippen molar-refractivity contribution in [3.05, 3.63) is 76.6 Å². The van der Waals surface area contributed by atoms with Crippen LogP contribution in [-0.2, 0) is 16.3 Å². The maximum Gasteiger partial charge on any atom is 0.187 e. The van der Waals surface area contributed by atoms with Gasteiger partial charge in [-0.3, -0.25) is 4.99 Å². The molecular weight excluding hydrogens is 510 g/mol. The number of thiophene rings is 1. The zero-order chi connectivity index (χ0) is 25.0. The Balaban J connectivity index is 1.12. The Kier molecular flexibility index (Phi) is 8.18. The van der Waals surface area contributed by atoms with Gasteiger partial charge in [0.2, 0.25) is 0 Å². The summed E-state index contributed by atoms with van der Waals surface area (Å²) in [6, 6.07) is 10.3. The van der Waals surface area contributed by atoms with Gasteiger partial charge in [0.1, 0.15) is 10.0 Å². The van der Waals surface area contributed by atoms with Crippen molar-refractivity contribution in [1.82, 2.24) is 0 Å². The first kappa shape index (κ1) is 25.9. The van der Waals surface area contributed by atoms with Crippen LogP contribution in [-0.4, -0.2) is 25.0 Å². The Morgan fingerprint density at radius 3 is 2.72 bits per heavy atom. The van der Waals surface area contributed by atoms with E-state index in [0.717, 1.165) is 62.0 Å². The van der Waals surface area contributed by atoms with E-state index in [-0.39, 0.29) is 11.6 Å². The van der Waals surface area contributed by atoms with Crippen LogP contribution in [0.1, 0.15) is 63.4 Å². The Hall–Kier alpha value is -1.70. The summed E-state index contributed by atoms with van der Waals surface area (Å²) in [6.45, 7) is 0. The molecule has 1 aromatic carbocycles. The Bertz CT molecular complexity index is 1250. The van der Waals surface area contributed by atoms with Crippen LogP contribution in [0.3, 0.4) is 0 Å². The third-order valence-electron chi connectivity index (χ3n) is 7.94. The SMILES string of the molecule is O=S(=O)(CCC1CCCC2(CC=C(CC3=NC(Cc4ccc(F)cc4)=CCS3)C2)CC1)c1cccs1. The van der Waals surface area contributed by atoms with Gasteiger partial charge in [0.25, 0.3) is 0 Å². The second-order valence-electron chi connectivity index (χ2n) is 10.6. The summed E-state index contributed by atoms with van der Waals surface area (Å²) in [5.74, 6) is 1.54. The molecule has 2 aliphatic carbocycles. The molecule has 5 rings (SSSR count). The highest BCUT2D eigenvalue weighted by Crippen LogP contribution is 2.50. The first-order valence-electron chi connectivity index (χ1n) is 13.0. The highest BCUT2D eigenvalue weighted by Gasteiger charge is 2.37. The lowest BCUT2D eigenvalue weighted by molar-refractivity contribution is 0.256. The van der Waals surface area contributed by atoms with E-state index in [1.807, 2.05) is 35.3 Å². The van der Waals surface area contributed by atoms with Gasteiger partial charge < -0.3 is 0 Å². The molecule has 2 heterocycles. The molecule has 1 spiro atoms. The summed E-state index contributed by atoms with van der Waals surface area (Å²) >= 11 is 3.16. The van der Waals surface area contributed by atoms with Crippen molar-refractivity contribution in [3.63, 3.8) is 0 Å². The Morgan fingerprint density at radius 1 is 1.06 bits per heavy atom. The zero-order valence-electron chi connectivity index (χ0n) is 20.6. The van der Waals surface area contributed by atoms with E-state index in [2.05, 4.69) is 12.2 Å². The molecule has 2 atom stereocenters. The van der Waals surface area contributed by atoms with Crippen molar-refractivity contribution < 1.29 is 12.8 Å². The van der Waals surface area contributed by atoms with Gasteiger partial charge in [-0.1, -0.05) is 48.8 Å². The minimum absolute atomic E-state index is 0.202. The fourth-order valence-corrected chi connectivity index (χ4v) is 9.40. The first-order chi connectivity index (χ1) is 17.4. The molecule has 0 radical (unpaired) electrons. The van der Waals surface area contributed by atoms with E-state index in [4.69, 9.17) is 4.99 Å². The smallest absolute Gasteiger partial charge is 0.187 e. The lowest BCUT2D eigenvalue weighted by atomic mass is 9.77. The van der Waals surface area contributed by atoms with Gasteiger partial charge in [-0.05, 0) is 79.0 Å². The summed E-state index contributed by atoms with van der Waals surface area (Å²) in [5, 5.41) is 3.04. The number of allylic oxidation sites excluding steroid dienone is 3. The molecule has 7 heteroatoms. The van der Waals surface area contributed by atoms with Gasteiger partial charge in [0, 0.05) is 24.3 Å². The van der Waals surface area contributed by atoms with E-state index in [0.29, 0.717) is 15.5 Å². The van der Waals surface area contributed by atoms with Crippen molar-refractivity contribution in [2.75, 3.05) is 11.5 Å². The topological polar surface area (TPSA) is 46.5 Å². The second-order valence-corrected chi connectivity index (χ2v) is 14.9. The quantitative estimate of drug-likeness (QED) is 0.317. The minimum Gasteiger partial charge on any atom is -0.251 e. The highest BCUT2D eigenvalue weighted by molar-refractivity contribution is 8.14. The van der Waals surface area contributed by atoms with Crippen LogP contribution in [0.15, 0.2) is 74.4 Å². The molecule has 1 fully saturated rings. The van der Waals surface area contributed by atoms with Crippen molar-refractivity contribution in [2.45, 2.75) is 68.4 Å². The van der Waals surface area contributed by atoms with Gasteiger partial charge in [0.15, 0.2) is 9.84 Å². The molecule has 2 unspecified atom stereocenters. The minimum atomic E-state index is -3.14. The largest absolute Gasteiger partial charge is 0.251 e. The van der Waals surface area contributed by atoms with Gasteiger partial charge in [0.05, 0.1) is 10.8 Å². The average Bonchev–Trinajstić information content (AvgIpc) is 3.49. The summed E-state index contributed by atoms with van der Waals surface area (Å²) < 4.78 is 39.0. The number of benzene rings is 1. The second kappa shape index (κ2) is 11.4. The van der Waals surface area contributed by atoms with Crippen LogP contribution in [0, 0.1) is 17.2 Å². The number of aliphatic imine (C=N–C) groups is 1. The van der Waals surface area contributed by atoms with E-state index in [1.165, 1.54) is 53.3 Å². The van der Waals surface area contributed by atoms with Gasteiger partial charge in [-0.25, -0.2) is 12.8 Å². The van der Waals surface area contributed by atoms with Crippen LogP contribution in [0.2, 0.25) is 0 Å². The van der Waals surface area contributed by atoms with Gasteiger partial charge in [-0.2, -0.15) is 0 Å². The zero-order valence-corrected chi connectivity index (χ0v) is 23.1. The van der Waals surface area contributed by atoms with E-state index in [1.54, 1.807) is 6.07 Å². The summed E-state index contributed by atoms with van der Waals surface area (Å²) in [4.78, 5) is 4.95. The molecule has 192 valence electrons. The van der Waals surface area contributed by atoms with E-state index < -0.39 is 9.84 Å². The summed E-state index contributed by atoms with van der Waals surface area (Å²) in [6.07, 6.45) is 15.4. The molecular formula is C29H34FNO2S3. The number of sulfone groups is 1. The fourth-order valence-electron chi connectivity index (χ4n) is 5.88. The van der Waals surface area contributed by atoms with Crippen LogP contribution in [0.4, 0.5) is 4.39 Å². The third-order valence-corrected chi connectivity index (χ3v) is 12.1. The van der Waals surface area contributed by atoms with Crippen molar-refractivity contribution in [1.29, 1.82) is 0 Å². The third kappa shape index (κ3) is 6.59. The van der Waals surface area contributed by atoms with Crippen LogP contribution >= 0.6 is 23.1 Å². The van der Waals surface area contributed by atoms with E-state index >= 15 is 0 Å². The number of hydrogen-bond acceptors (Lipinski definition) is 5. The number of rotatable bonds is 8. The number of hydrogen-bond donors (Lipinski definition) is 0. The average molecular weight is 544 g/mol. The summed E-state index contributed by atoms with van der Waals surface area (Å²) in [5.41, 5.74) is 4.05. The Morgan fingerprint density at radius 2 is 1.92 bits per heavy atom. The van der Waals surface area contributed by atoms with Crippen LogP contribution in [0.25, 0.3) is 0 Å². The van der Waals surface area contributed by atoms with Crippen molar-refractivity contribution >= 4 is 38.0 Å². The maximum absolute atomic E-state index is 13.2. The van der Waals surface area contributed by atoms with Gasteiger partial charge in [-0.15, -0.1) is 23.1 Å². The molecule has 1 aliphatic heterocycles. The molecule has 36 heavy (non-hydrogen) atoms. The highest BCUT2D eigenvalue weighted by atomic mass is 32.2. The molecule has 0 N–H and O–H groups in total. The van der Waals surface area contributed by atoms with Gasteiger partial charge >= 0.3 is 0 Å². The summed E-state index contributed by atoms with van der Waals surface area (Å²) in [7, 11) is -3.14. The van der Waals surface area contributed by atoms with Crippen LogP contribution in [0.5, 0.6) is 0 Å². The lowest BCUT2D eigenvalue weighted by Crippen LogP contribution is -2.17. The number of thioether (sulfide) groups is 1. The standard InChI is InChI=1S/C29H34FNO2S3/c30-25-7-5-23(6-8-25)19-26-11-17-34-27(31-26)20-24-10-15-29(21-24)13-1-3-22(9-14-29)12-18-36(32,33)28-4-2-16-35-28/h2,4-8,10-11,16,22H,1,3,9,12-15,17-21H2. The fraction of sp³-hybridized carbons (Fsp3) is 0.483. The van der Waals surface area contributed by atoms with Crippen molar-refractivity contribution in [3.8, 4) is 0 Å². The number of halogens is 1. The Labute approximate surface area is 222 Å². The molecule has 1 saturated carbocycles. The maximum atomic E-state index is 13.2. The normalized spacial score (nSPS) is 24.8. The first-order valence-corrected chi connectivity index (χ1v) is 16.5. The van der Waals surface area contributed by atoms with Crippen LogP contribution < -0.4 is 0 Å². The molecule has 3 aliphatic rings. The molecule has 3 nitrogen and oxygen atoms in total. The predicted octanol–water partition coefficient (Wildman–Crippen LogP) is 8.00. The monoisotopic (exact) mass is 543 g/mol. The van der Waals surface area contributed by atoms with E-state index in [9.17, 15) is 12.8 Å². The molecule has 1 aromatic heterocycles. The van der Waals surface area contributed by atoms with Crippen molar-refractivity contribution in [2.24, 2.45) is 16.3 Å². The molecule has 0 bridgehead atoms. The lowest BCUT2D eigenvalue weighted by Gasteiger charge is -2.28. The molecule has 2 aromatic rings.